The van der Waals surface area contributed by atoms with Crippen LogP contribution in [-0.4, -0.2) is 16.7 Å². The smallest absolute Gasteiger partial charge is 0.0794 e. The molecule has 0 saturated heterocycles. The number of hydrogen-bond acceptors (Lipinski definition) is 2. The van der Waals surface area contributed by atoms with Gasteiger partial charge >= 0.3 is 0 Å². The maximum atomic E-state index is 6.25. The average Bonchev–Trinajstić information content (AvgIpc) is 2.90. The number of aryl methyl sites for hydroxylation is 1. The highest BCUT2D eigenvalue weighted by Gasteiger charge is 2.32. The molecule has 0 bridgehead atoms. The Morgan fingerprint density at radius 1 is 1.22 bits per heavy atom. The monoisotopic (exact) mass is 299 g/mol. The molecule has 0 amide bonds. The zero-order chi connectivity index (χ0) is 13.0. The number of alkyl halides is 2. The van der Waals surface area contributed by atoms with Crippen LogP contribution in [0.2, 0.25) is 0 Å². The molecule has 0 atom stereocenters. The van der Waals surface area contributed by atoms with Crippen molar-refractivity contribution in [3.63, 3.8) is 0 Å². The third kappa shape index (κ3) is 2.71. The van der Waals surface area contributed by atoms with E-state index in [0.717, 1.165) is 6.42 Å². The average molecular weight is 300 g/mol. The topological polar surface area (TPSA) is 12.9 Å². The van der Waals surface area contributed by atoms with Crippen LogP contribution in [0.1, 0.15) is 16.0 Å². The maximum absolute atomic E-state index is 6.25. The van der Waals surface area contributed by atoms with Gasteiger partial charge in [-0.05, 0) is 24.5 Å². The van der Waals surface area contributed by atoms with Gasteiger partial charge in [0.25, 0.3) is 0 Å². The van der Waals surface area contributed by atoms with Gasteiger partial charge in [0.15, 0.2) is 0 Å². The number of benzene rings is 1. The highest BCUT2D eigenvalue weighted by molar-refractivity contribution is 7.09. The largest absolute Gasteiger partial charge is 0.253 e. The fourth-order valence-corrected chi connectivity index (χ4v) is 3.70. The number of thiazole rings is 1. The van der Waals surface area contributed by atoms with E-state index < -0.39 is 0 Å². The lowest BCUT2D eigenvalue weighted by atomic mass is 9.78. The summed E-state index contributed by atoms with van der Waals surface area (Å²) in [5, 5.41) is 0. The molecule has 0 unspecified atom stereocenters. The van der Waals surface area contributed by atoms with Crippen LogP contribution in [0.25, 0.3) is 0 Å². The molecule has 4 heteroatoms. The molecule has 1 aromatic carbocycles. The SMILES string of the molecule is Cc1ccccc1C(CCl)(CCl)Cc1cncs1. The molecule has 0 fully saturated rings. The van der Waals surface area contributed by atoms with Gasteiger partial charge in [-0.3, -0.25) is 4.98 Å². The summed E-state index contributed by atoms with van der Waals surface area (Å²) in [5.41, 5.74) is 4.12. The Morgan fingerprint density at radius 2 is 1.94 bits per heavy atom. The molecule has 0 aliphatic rings. The van der Waals surface area contributed by atoms with E-state index in [1.807, 2.05) is 23.8 Å². The van der Waals surface area contributed by atoms with Gasteiger partial charge in [-0.25, -0.2) is 0 Å². The van der Waals surface area contributed by atoms with Crippen LogP contribution in [0.3, 0.4) is 0 Å². The van der Waals surface area contributed by atoms with Crippen molar-refractivity contribution in [2.75, 3.05) is 11.8 Å². The summed E-state index contributed by atoms with van der Waals surface area (Å²) in [5.74, 6) is 1.03. The van der Waals surface area contributed by atoms with E-state index in [-0.39, 0.29) is 5.41 Å². The Kier molecular flexibility index (Phi) is 4.66. The van der Waals surface area contributed by atoms with E-state index in [9.17, 15) is 0 Å². The molecule has 0 spiro atoms. The van der Waals surface area contributed by atoms with Crippen molar-refractivity contribution < 1.29 is 0 Å². The first kappa shape index (κ1) is 13.9. The van der Waals surface area contributed by atoms with Gasteiger partial charge in [-0.1, -0.05) is 24.3 Å². The normalized spacial score (nSPS) is 11.7. The molecule has 18 heavy (non-hydrogen) atoms. The molecular formula is C14H15Cl2NS. The van der Waals surface area contributed by atoms with Crippen LogP contribution < -0.4 is 0 Å². The second kappa shape index (κ2) is 6.05. The molecule has 0 saturated carbocycles. The molecule has 0 N–H and O–H groups in total. The minimum Gasteiger partial charge on any atom is -0.253 e. The highest BCUT2D eigenvalue weighted by Crippen LogP contribution is 2.34. The molecule has 0 radical (unpaired) electrons. The number of halogens is 2. The van der Waals surface area contributed by atoms with Crippen LogP contribution in [0.5, 0.6) is 0 Å². The van der Waals surface area contributed by atoms with E-state index in [0.29, 0.717) is 11.8 Å². The molecule has 2 aromatic rings. The Balaban J connectivity index is 2.40. The summed E-state index contributed by atoms with van der Waals surface area (Å²) in [7, 11) is 0. The molecule has 2 rings (SSSR count). The fraction of sp³-hybridized carbons (Fsp3) is 0.357. The van der Waals surface area contributed by atoms with Crippen LogP contribution >= 0.6 is 34.5 Å². The van der Waals surface area contributed by atoms with Crippen LogP contribution in [0.15, 0.2) is 36.0 Å². The van der Waals surface area contributed by atoms with Crippen molar-refractivity contribution in [1.82, 2.24) is 4.98 Å². The van der Waals surface area contributed by atoms with Crippen molar-refractivity contribution in [2.45, 2.75) is 18.8 Å². The van der Waals surface area contributed by atoms with E-state index in [2.05, 4.69) is 24.0 Å². The minimum absolute atomic E-state index is 0.207. The fourth-order valence-electron chi connectivity index (χ4n) is 2.20. The van der Waals surface area contributed by atoms with Crippen LogP contribution in [-0.2, 0) is 11.8 Å². The number of hydrogen-bond donors (Lipinski definition) is 0. The predicted molar refractivity (Wildman–Crippen MR) is 80.1 cm³/mol. The van der Waals surface area contributed by atoms with Crippen LogP contribution in [0.4, 0.5) is 0 Å². The summed E-state index contributed by atoms with van der Waals surface area (Å²) in [4.78, 5) is 5.35. The minimum atomic E-state index is -0.207. The second-order valence-electron chi connectivity index (χ2n) is 4.51. The first-order valence-corrected chi connectivity index (χ1v) is 7.72. The lowest BCUT2D eigenvalue weighted by Crippen LogP contribution is -2.33. The van der Waals surface area contributed by atoms with Crippen molar-refractivity contribution in [3.05, 3.63) is 52.0 Å². The highest BCUT2D eigenvalue weighted by atomic mass is 35.5. The van der Waals surface area contributed by atoms with Gasteiger partial charge in [0.05, 0.1) is 5.51 Å². The molecule has 0 aliphatic heterocycles. The quantitative estimate of drug-likeness (QED) is 0.745. The third-order valence-electron chi connectivity index (χ3n) is 3.22. The zero-order valence-corrected chi connectivity index (χ0v) is 12.5. The molecule has 96 valence electrons. The summed E-state index contributed by atoms with van der Waals surface area (Å²) in [6, 6.07) is 8.32. The van der Waals surface area contributed by atoms with Crippen molar-refractivity contribution in [1.29, 1.82) is 0 Å². The lowest BCUT2D eigenvalue weighted by molar-refractivity contribution is 0.537. The second-order valence-corrected chi connectivity index (χ2v) is 6.01. The molecular weight excluding hydrogens is 285 g/mol. The standard InChI is InChI=1S/C14H15Cl2NS/c1-11-4-2-3-5-13(11)14(8-15,9-16)6-12-7-17-10-18-12/h2-5,7,10H,6,8-9H2,1H3. The first-order chi connectivity index (χ1) is 8.72. The Morgan fingerprint density at radius 3 is 2.50 bits per heavy atom. The summed E-state index contributed by atoms with van der Waals surface area (Å²) >= 11 is 14.1. The molecule has 1 heterocycles. The predicted octanol–water partition coefficient (Wildman–Crippen LogP) is 4.41. The zero-order valence-electron chi connectivity index (χ0n) is 10.2. The summed E-state index contributed by atoms with van der Waals surface area (Å²) < 4.78 is 0. The first-order valence-electron chi connectivity index (χ1n) is 5.77. The van der Waals surface area contributed by atoms with Crippen molar-refractivity contribution >= 4 is 34.5 Å². The Bertz CT molecular complexity index is 492. The van der Waals surface area contributed by atoms with E-state index in [1.54, 1.807) is 11.3 Å². The van der Waals surface area contributed by atoms with Crippen molar-refractivity contribution in [2.24, 2.45) is 0 Å². The van der Waals surface area contributed by atoms with Gasteiger partial charge < -0.3 is 0 Å². The number of rotatable bonds is 5. The molecule has 1 aromatic heterocycles. The van der Waals surface area contributed by atoms with Crippen LogP contribution in [0, 0.1) is 6.92 Å². The van der Waals surface area contributed by atoms with Gasteiger partial charge in [0.1, 0.15) is 0 Å². The molecule has 1 nitrogen and oxygen atoms in total. The van der Waals surface area contributed by atoms with Crippen molar-refractivity contribution in [3.8, 4) is 0 Å². The lowest BCUT2D eigenvalue weighted by Gasteiger charge is -2.31. The van der Waals surface area contributed by atoms with E-state index >= 15 is 0 Å². The van der Waals surface area contributed by atoms with Gasteiger partial charge in [0, 0.05) is 28.2 Å². The van der Waals surface area contributed by atoms with E-state index in [4.69, 9.17) is 23.2 Å². The maximum Gasteiger partial charge on any atom is 0.0794 e. The summed E-state index contributed by atoms with van der Waals surface area (Å²) in [6.45, 7) is 2.11. The van der Waals surface area contributed by atoms with Gasteiger partial charge in [-0.15, -0.1) is 34.5 Å². The molecule has 0 aliphatic carbocycles. The number of nitrogens with zero attached hydrogens (tertiary/aromatic N) is 1. The van der Waals surface area contributed by atoms with E-state index in [1.165, 1.54) is 16.0 Å². The van der Waals surface area contributed by atoms with Gasteiger partial charge in [-0.2, -0.15) is 0 Å². The third-order valence-corrected chi connectivity index (χ3v) is 5.03. The Labute approximate surface area is 122 Å². The number of aromatic nitrogens is 1. The van der Waals surface area contributed by atoms with Gasteiger partial charge in [0.2, 0.25) is 0 Å². The Hall–Kier alpha value is -0.570. The summed E-state index contributed by atoms with van der Waals surface area (Å²) in [6.07, 6.45) is 2.74.